The second kappa shape index (κ2) is 7.22. The first-order chi connectivity index (χ1) is 14.3. The maximum absolute atomic E-state index is 13.2. The van der Waals surface area contributed by atoms with Gasteiger partial charge >= 0.3 is 5.97 Å². The summed E-state index contributed by atoms with van der Waals surface area (Å²) in [6.07, 6.45) is 1.99. The minimum atomic E-state index is -1.15. The summed E-state index contributed by atoms with van der Waals surface area (Å²) < 4.78 is 5.43. The number of nitrogens with one attached hydrogen (secondary N) is 1. The van der Waals surface area contributed by atoms with Crippen LogP contribution in [0.5, 0.6) is 0 Å². The summed E-state index contributed by atoms with van der Waals surface area (Å²) in [4.78, 5) is 48.2. The number of amides is 2. The number of ether oxygens (including phenoxy) is 1. The van der Waals surface area contributed by atoms with E-state index in [0.29, 0.717) is 22.4 Å². The van der Waals surface area contributed by atoms with Gasteiger partial charge in [-0.2, -0.15) is 0 Å². The van der Waals surface area contributed by atoms with E-state index >= 15 is 0 Å². The van der Waals surface area contributed by atoms with Gasteiger partial charge in [-0.25, -0.2) is 4.79 Å². The average molecular weight is 404 g/mol. The Labute approximate surface area is 172 Å². The Kier molecular flexibility index (Phi) is 4.69. The van der Waals surface area contributed by atoms with Crippen LogP contribution >= 0.6 is 0 Å². The van der Waals surface area contributed by atoms with E-state index in [1.807, 2.05) is 0 Å². The zero-order chi connectivity index (χ0) is 21.5. The molecule has 1 aromatic heterocycles. The van der Waals surface area contributed by atoms with Crippen LogP contribution in [-0.2, 0) is 14.3 Å². The highest BCUT2D eigenvalue weighted by Gasteiger charge is 2.45. The molecule has 0 spiro atoms. The minimum absolute atomic E-state index is 0.263. The van der Waals surface area contributed by atoms with Gasteiger partial charge in [0.25, 0.3) is 5.91 Å². The number of aromatic nitrogens is 2. The predicted octanol–water partition coefficient (Wildman–Crippen LogP) is 2.94. The Morgan fingerprint density at radius 2 is 1.77 bits per heavy atom. The molecule has 2 amide bonds. The summed E-state index contributed by atoms with van der Waals surface area (Å²) in [5.74, 6) is -1.46. The molecule has 152 valence electrons. The van der Waals surface area contributed by atoms with Crippen LogP contribution < -0.4 is 10.2 Å². The fraction of sp³-hybridized carbons (Fsp3) is 0.227. The average Bonchev–Trinajstić information content (AvgIpc) is 2.73. The number of rotatable bonds is 3. The zero-order valence-corrected chi connectivity index (χ0v) is 16.7. The number of esters is 1. The predicted molar refractivity (Wildman–Crippen MR) is 111 cm³/mol. The van der Waals surface area contributed by atoms with Gasteiger partial charge in [0.15, 0.2) is 6.10 Å². The fourth-order valence-corrected chi connectivity index (χ4v) is 3.40. The molecule has 30 heavy (non-hydrogen) atoms. The van der Waals surface area contributed by atoms with Crippen LogP contribution in [0.25, 0.3) is 11.0 Å². The molecular formula is C22H20N4O4. The Hall–Kier alpha value is -3.81. The van der Waals surface area contributed by atoms with Crippen molar-refractivity contribution in [3.63, 3.8) is 0 Å². The highest BCUT2D eigenvalue weighted by Crippen LogP contribution is 2.37. The van der Waals surface area contributed by atoms with Crippen molar-refractivity contribution in [1.29, 1.82) is 0 Å². The van der Waals surface area contributed by atoms with Crippen LogP contribution in [0.2, 0.25) is 0 Å². The highest BCUT2D eigenvalue weighted by molar-refractivity contribution is 6.15. The lowest BCUT2D eigenvalue weighted by atomic mass is 9.95. The van der Waals surface area contributed by atoms with Gasteiger partial charge in [-0.05, 0) is 51.1 Å². The Balaban J connectivity index is 1.59. The number of anilines is 2. The number of hydrogen-bond acceptors (Lipinski definition) is 6. The van der Waals surface area contributed by atoms with E-state index in [2.05, 4.69) is 15.3 Å². The number of nitrogens with zero attached hydrogens (tertiary/aromatic N) is 3. The second-order valence-electron chi connectivity index (χ2n) is 7.51. The molecule has 0 unspecified atom stereocenters. The summed E-state index contributed by atoms with van der Waals surface area (Å²) in [7, 11) is 0. The summed E-state index contributed by atoms with van der Waals surface area (Å²) in [5, 5.41) is 2.80. The number of benzene rings is 2. The minimum Gasteiger partial charge on any atom is -0.449 e. The van der Waals surface area contributed by atoms with Crippen molar-refractivity contribution in [1.82, 2.24) is 9.97 Å². The monoisotopic (exact) mass is 404 g/mol. The molecule has 1 aliphatic heterocycles. The van der Waals surface area contributed by atoms with E-state index in [-0.39, 0.29) is 11.5 Å². The van der Waals surface area contributed by atoms with Crippen LogP contribution in [0, 0.1) is 0 Å². The van der Waals surface area contributed by atoms with Crippen LogP contribution in [0.1, 0.15) is 31.1 Å². The molecule has 8 heteroatoms. The molecule has 0 bridgehead atoms. The number of carbonyl (C=O) groups is 3. The van der Waals surface area contributed by atoms with Gasteiger partial charge < -0.3 is 10.1 Å². The third kappa shape index (κ3) is 3.26. The molecule has 3 aromatic rings. The first-order valence-electron chi connectivity index (χ1n) is 9.45. The van der Waals surface area contributed by atoms with Crippen LogP contribution in [0.4, 0.5) is 11.4 Å². The molecule has 0 fully saturated rings. The first kappa shape index (κ1) is 19.5. The molecule has 0 saturated heterocycles. The third-order valence-corrected chi connectivity index (χ3v) is 5.06. The Morgan fingerprint density at radius 3 is 2.53 bits per heavy atom. The molecule has 2 heterocycles. The smallest absolute Gasteiger partial charge is 0.338 e. The molecule has 0 aliphatic carbocycles. The van der Waals surface area contributed by atoms with E-state index in [0.717, 1.165) is 0 Å². The summed E-state index contributed by atoms with van der Waals surface area (Å²) >= 11 is 0. The van der Waals surface area contributed by atoms with E-state index in [1.54, 1.807) is 62.5 Å². The fourth-order valence-electron chi connectivity index (χ4n) is 3.40. The van der Waals surface area contributed by atoms with Gasteiger partial charge in [-0.1, -0.05) is 12.1 Å². The first-order valence-corrected chi connectivity index (χ1v) is 9.45. The number of carbonyl (C=O) groups excluding carboxylic acids is 3. The van der Waals surface area contributed by atoms with Gasteiger partial charge in [0, 0.05) is 12.4 Å². The molecule has 1 aliphatic rings. The van der Waals surface area contributed by atoms with Crippen molar-refractivity contribution in [3.8, 4) is 0 Å². The molecule has 0 radical (unpaired) electrons. The summed E-state index contributed by atoms with van der Waals surface area (Å²) in [6, 6.07) is 11.8. The molecule has 4 rings (SSSR count). The molecule has 1 atom stereocenters. The van der Waals surface area contributed by atoms with Crippen LogP contribution in [-0.4, -0.2) is 39.4 Å². The van der Waals surface area contributed by atoms with E-state index in [1.165, 1.54) is 18.0 Å². The standard InChI is InChI=1S/C22H20N4O4/c1-13(30-20(28)14-8-9-15-17(12-14)24-11-10-23-15)19(27)26-18-7-5-4-6-16(18)25-21(29)22(26,2)3/h4-13H,1-3H3,(H,25,29)/t13-/m0/s1. The molecule has 0 saturated carbocycles. The topological polar surface area (TPSA) is 101 Å². The molecular weight excluding hydrogens is 384 g/mol. The third-order valence-electron chi connectivity index (χ3n) is 5.06. The maximum atomic E-state index is 13.2. The normalized spacial score (nSPS) is 15.8. The number of para-hydroxylation sites is 2. The number of hydrogen-bond donors (Lipinski definition) is 1. The largest absolute Gasteiger partial charge is 0.449 e. The number of fused-ring (bicyclic) bond motifs is 2. The van der Waals surface area contributed by atoms with E-state index < -0.39 is 23.5 Å². The lowest BCUT2D eigenvalue weighted by molar-refractivity contribution is -0.131. The van der Waals surface area contributed by atoms with Crippen molar-refractivity contribution in [2.45, 2.75) is 32.4 Å². The summed E-state index contributed by atoms with van der Waals surface area (Å²) in [6.45, 7) is 4.78. The van der Waals surface area contributed by atoms with Crippen molar-refractivity contribution in [2.75, 3.05) is 10.2 Å². The van der Waals surface area contributed by atoms with Gasteiger partial charge in [0.05, 0.1) is 28.0 Å². The Bertz CT molecular complexity index is 1170. The van der Waals surface area contributed by atoms with Gasteiger partial charge in [-0.15, -0.1) is 0 Å². The van der Waals surface area contributed by atoms with Gasteiger partial charge in [0.1, 0.15) is 5.54 Å². The lowest BCUT2D eigenvalue weighted by Crippen LogP contribution is -2.60. The lowest BCUT2D eigenvalue weighted by Gasteiger charge is -2.42. The van der Waals surface area contributed by atoms with Crippen molar-refractivity contribution >= 4 is 40.2 Å². The van der Waals surface area contributed by atoms with Gasteiger partial charge in [-0.3, -0.25) is 24.5 Å². The van der Waals surface area contributed by atoms with Crippen molar-refractivity contribution in [3.05, 3.63) is 60.4 Å². The molecule has 2 aromatic carbocycles. The summed E-state index contributed by atoms with van der Waals surface area (Å²) in [5.41, 5.74) is 1.39. The van der Waals surface area contributed by atoms with Crippen molar-refractivity contribution < 1.29 is 19.1 Å². The van der Waals surface area contributed by atoms with Crippen molar-refractivity contribution in [2.24, 2.45) is 0 Å². The van der Waals surface area contributed by atoms with E-state index in [4.69, 9.17) is 4.74 Å². The second-order valence-corrected chi connectivity index (χ2v) is 7.51. The van der Waals surface area contributed by atoms with Gasteiger partial charge in [0.2, 0.25) is 5.91 Å². The molecule has 1 N–H and O–H groups in total. The van der Waals surface area contributed by atoms with Crippen LogP contribution in [0.15, 0.2) is 54.9 Å². The quantitative estimate of drug-likeness (QED) is 0.674. The van der Waals surface area contributed by atoms with E-state index in [9.17, 15) is 14.4 Å². The maximum Gasteiger partial charge on any atom is 0.338 e. The molecule has 8 nitrogen and oxygen atoms in total. The Morgan fingerprint density at radius 1 is 1.07 bits per heavy atom. The SMILES string of the molecule is C[C@H](OC(=O)c1ccc2nccnc2c1)C(=O)N1c2ccccc2NC(=O)C1(C)C. The van der Waals surface area contributed by atoms with Crippen LogP contribution in [0.3, 0.4) is 0 Å². The zero-order valence-electron chi connectivity index (χ0n) is 16.7. The highest BCUT2D eigenvalue weighted by atomic mass is 16.5.